The highest BCUT2D eigenvalue weighted by molar-refractivity contribution is 5.94. The van der Waals surface area contributed by atoms with Gasteiger partial charge in [-0.05, 0) is 19.1 Å². The lowest BCUT2D eigenvalue weighted by atomic mass is 10.3. The number of nitrogens with zero attached hydrogens (tertiary/aromatic N) is 1. The Bertz CT molecular complexity index is 328. The fraction of sp³-hybridized carbons (Fsp3) is 0.333. The second-order valence-corrected chi connectivity index (χ2v) is 2.93. The number of nitrogens with one attached hydrogen (secondary N) is 1. The van der Waals surface area contributed by atoms with E-state index in [1.807, 2.05) is 0 Å². The van der Waals surface area contributed by atoms with Crippen LogP contribution in [-0.2, 0) is 0 Å². The predicted molar refractivity (Wildman–Crippen MR) is 49.9 cm³/mol. The highest BCUT2D eigenvalue weighted by Crippen LogP contribution is 2.11. The average molecular weight is 196 g/mol. The normalized spacial score (nSPS) is 12.1. The molecule has 0 aromatic carbocycles. The van der Waals surface area contributed by atoms with Crippen LogP contribution in [0.1, 0.15) is 17.4 Å². The fourth-order valence-corrected chi connectivity index (χ4v) is 0.910. The molecule has 0 radical (unpaired) electrons. The molecule has 1 rings (SSSR count). The topological polar surface area (TPSA) is 82.5 Å². The monoisotopic (exact) mass is 196 g/mol. The van der Waals surface area contributed by atoms with Crippen molar-refractivity contribution >= 4 is 5.91 Å². The van der Waals surface area contributed by atoms with Gasteiger partial charge in [0.25, 0.3) is 5.91 Å². The molecular weight excluding hydrogens is 184 g/mol. The number of amides is 1. The van der Waals surface area contributed by atoms with Gasteiger partial charge in [0.05, 0.1) is 6.61 Å². The first-order chi connectivity index (χ1) is 6.65. The molecule has 1 heterocycles. The summed E-state index contributed by atoms with van der Waals surface area (Å²) in [6, 6.07) is 2.55. The lowest BCUT2D eigenvalue weighted by Crippen LogP contribution is -2.35. The van der Waals surface area contributed by atoms with E-state index in [2.05, 4.69) is 10.3 Å². The smallest absolute Gasteiger partial charge is 0.274 e. The second kappa shape index (κ2) is 4.57. The molecule has 0 saturated heterocycles. The molecule has 0 aliphatic rings. The van der Waals surface area contributed by atoms with Crippen LogP contribution < -0.4 is 5.32 Å². The zero-order chi connectivity index (χ0) is 10.6. The molecule has 3 N–H and O–H groups in total. The first kappa shape index (κ1) is 10.5. The fourth-order valence-electron chi connectivity index (χ4n) is 0.910. The number of aliphatic hydroxyl groups excluding tert-OH is 1. The van der Waals surface area contributed by atoms with Gasteiger partial charge in [0.1, 0.15) is 5.75 Å². The summed E-state index contributed by atoms with van der Waals surface area (Å²) < 4.78 is 0. The van der Waals surface area contributed by atoms with Crippen molar-refractivity contribution in [3.63, 3.8) is 0 Å². The quantitative estimate of drug-likeness (QED) is 0.630. The van der Waals surface area contributed by atoms with Crippen molar-refractivity contribution in [3.8, 4) is 5.75 Å². The average Bonchev–Trinajstić information content (AvgIpc) is 2.18. The molecule has 1 aromatic rings. The van der Waals surface area contributed by atoms with Gasteiger partial charge < -0.3 is 15.5 Å². The standard InChI is InChI=1S/C9H12N2O3/c1-6(5-12)11-9(14)8-7(13)3-2-4-10-8/h2-4,6,12-13H,5H2,1H3,(H,11,14). The summed E-state index contributed by atoms with van der Waals surface area (Å²) in [5, 5.41) is 20.5. The van der Waals surface area contributed by atoms with E-state index < -0.39 is 5.91 Å². The minimum Gasteiger partial charge on any atom is -0.505 e. The van der Waals surface area contributed by atoms with Crippen molar-refractivity contribution in [2.24, 2.45) is 0 Å². The molecule has 0 aliphatic heterocycles. The Hall–Kier alpha value is -1.62. The summed E-state index contributed by atoms with van der Waals surface area (Å²) in [6.45, 7) is 1.50. The Morgan fingerprint density at radius 3 is 3.00 bits per heavy atom. The molecule has 14 heavy (non-hydrogen) atoms. The minimum atomic E-state index is -0.496. The lowest BCUT2D eigenvalue weighted by Gasteiger charge is -2.10. The van der Waals surface area contributed by atoms with Gasteiger partial charge in [-0.1, -0.05) is 0 Å². The minimum absolute atomic E-state index is 0.0344. The van der Waals surface area contributed by atoms with Gasteiger partial charge in [-0.3, -0.25) is 4.79 Å². The van der Waals surface area contributed by atoms with Crippen molar-refractivity contribution in [1.82, 2.24) is 10.3 Å². The molecule has 0 saturated carbocycles. The van der Waals surface area contributed by atoms with Crippen molar-refractivity contribution in [2.75, 3.05) is 6.61 Å². The number of pyridine rings is 1. The molecule has 0 spiro atoms. The molecular formula is C9H12N2O3. The van der Waals surface area contributed by atoms with Crippen LogP contribution in [0.4, 0.5) is 0 Å². The molecule has 0 bridgehead atoms. The summed E-state index contributed by atoms with van der Waals surface area (Å²) in [5.41, 5.74) is -0.0344. The first-order valence-corrected chi connectivity index (χ1v) is 4.21. The Balaban J connectivity index is 2.75. The summed E-state index contributed by atoms with van der Waals surface area (Å²) in [6.07, 6.45) is 1.41. The van der Waals surface area contributed by atoms with Crippen molar-refractivity contribution < 1.29 is 15.0 Å². The molecule has 1 unspecified atom stereocenters. The Morgan fingerprint density at radius 2 is 2.43 bits per heavy atom. The van der Waals surface area contributed by atoms with E-state index in [0.29, 0.717) is 0 Å². The second-order valence-electron chi connectivity index (χ2n) is 2.93. The van der Waals surface area contributed by atoms with Gasteiger partial charge in [-0.2, -0.15) is 0 Å². The van der Waals surface area contributed by atoms with Crippen LogP contribution in [-0.4, -0.2) is 33.8 Å². The number of aromatic hydroxyl groups is 1. The molecule has 1 atom stereocenters. The van der Waals surface area contributed by atoms with Gasteiger partial charge in [0.15, 0.2) is 5.69 Å². The number of rotatable bonds is 3. The number of hydrogen-bond acceptors (Lipinski definition) is 4. The highest BCUT2D eigenvalue weighted by atomic mass is 16.3. The highest BCUT2D eigenvalue weighted by Gasteiger charge is 2.13. The van der Waals surface area contributed by atoms with E-state index in [1.165, 1.54) is 18.3 Å². The van der Waals surface area contributed by atoms with Crippen molar-refractivity contribution in [2.45, 2.75) is 13.0 Å². The SMILES string of the molecule is CC(CO)NC(=O)c1ncccc1O. The third-order valence-electron chi connectivity index (χ3n) is 1.65. The van der Waals surface area contributed by atoms with E-state index in [4.69, 9.17) is 5.11 Å². The molecule has 5 heteroatoms. The largest absolute Gasteiger partial charge is 0.505 e. The Labute approximate surface area is 81.4 Å². The van der Waals surface area contributed by atoms with Crippen LogP contribution in [0.15, 0.2) is 18.3 Å². The summed E-state index contributed by atoms with van der Waals surface area (Å²) in [4.78, 5) is 15.1. The maximum Gasteiger partial charge on any atom is 0.274 e. The number of aromatic nitrogens is 1. The van der Waals surface area contributed by atoms with E-state index in [0.717, 1.165) is 0 Å². The number of carbonyl (C=O) groups is 1. The number of hydrogen-bond donors (Lipinski definition) is 3. The summed E-state index contributed by atoms with van der Waals surface area (Å²) in [5.74, 6) is -0.667. The first-order valence-electron chi connectivity index (χ1n) is 4.21. The van der Waals surface area contributed by atoms with Crippen molar-refractivity contribution in [1.29, 1.82) is 0 Å². The summed E-state index contributed by atoms with van der Waals surface area (Å²) in [7, 11) is 0. The molecule has 1 amide bonds. The van der Waals surface area contributed by atoms with Crippen LogP contribution in [0, 0.1) is 0 Å². The van der Waals surface area contributed by atoms with E-state index >= 15 is 0 Å². The van der Waals surface area contributed by atoms with Crippen LogP contribution in [0.5, 0.6) is 5.75 Å². The molecule has 5 nitrogen and oxygen atoms in total. The summed E-state index contributed by atoms with van der Waals surface area (Å²) >= 11 is 0. The molecule has 0 aliphatic carbocycles. The van der Waals surface area contributed by atoms with Gasteiger partial charge in [-0.15, -0.1) is 0 Å². The Kier molecular flexibility index (Phi) is 3.41. The molecule has 76 valence electrons. The Morgan fingerprint density at radius 1 is 1.71 bits per heavy atom. The maximum atomic E-state index is 11.4. The molecule has 0 fully saturated rings. The van der Waals surface area contributed by atoms with Gasteiger partial charge in [-0.25, -0.2) is 4.98 Å². The van der Waals surface area contributed by atoms with E-state index in [9.17, 15) is 9.90 Å². The van der Waals surface area contributed by atoms with Crippen molar-refractivity contribution in [3.05, 3.63) is 24.0 Å². The predicted octanol–water partition coefficient (Wildman–Crippen LogP) is -0.102. The third-order valence-corrected chi connectivity index (χ3v) is 1.65. The maximum absolute atomic E-state index is 11.4. The van der Waals surface area contributed by atoms with E-state index in [-0.39, 0.29) is 24.1 Å². The lowest BCUT2D eigenvalue weighted by molar-refractivity contribution is 0.0914. The van der Waals surface area contributed by atoms with Crippen LogP contribution >= 0.6 is 0 Å². The van der Waals surface area contributed by atoms with Gasteiger partial charge in [0.2, 0.25) is 0 Å². The zero-order valence-electron chi connectivity index (χ0n) is 7.77. The van der Waals surface area contributed by atoms with Crippen LogP contribution in [0.3, 0.4) is 0 Å². The zero-order valence-corrected chi connectivity index (χ0v) is 7.77. The number of carbonyl (C=O) groups excluding carboxylic acids is 1. The van der Waals surface area contributed by atoms with Gasteiger partial charge >= 0.3 is 0 Å². The molecule has 1 aromatic heterocycles. The van der Waals surface area contributed by atoms with Crippen LogP contribution in [0.2, 0.25) is 0 Å². The third kappa shape index (κ3) is 2.43. The van der Waals surface area contributed by atoms with Crippen LogP contribution in [0.25, 0.3) is 0 Å². The number of aliphatic hydroxyl groups is 1. The van der Waals surface area contributed by atoms with Gasteiger partial charge in [0, 0.05) is 12.2 Å². The van der Waals surface area contributed by atoms with E-state index in [1.54, 1.807) is 6.92 Å².